The third kappa shape index (κ3) is 5.02. The smallest absolute Gasteiger partial charge is 0.258 e. The van der Waals surface area contributed by atoms with Crippen molar-refractivity contribution in [3.8, 4) is 23.1 Å². The van der Waals surface area contributed by atoms with Crippen LogP contribution in [0.4, 0.5) is 8.78 Å². The lowest BCUT2D eigenvalue weighted by atomic mass is 9.94. The molecule has 8 nitrogen and oxygen atoms in total. The molecule has 2 aromatic carbocycles. The number of carbonyl (C=O) groups is 2. The molecule has 40 heavy (non-hydrogen) atoms. The monoisotopic (exact) mass is 547 g/mol. The van der Waals surface area contributed by atoms with Crippen LogP contribution in [0, 0.1) is 11.6 Å². The highest BCUT2D eigenvalue weighted by Gasteiger charge is 2.45. The highest BCUT2D eigenvalue weighted by atomic mass is 19.1. The number of aromatic nitrogens is 1. The van der Waals surface area contributed by atoms with Gasteiger partial charge in [-0.25, -0.2) is 13.8 Å². The maximum absolute atomic E-state index is 14.0. The quantitative estimate of drug-likeness (QED) is 0.249. The Morgan fingerprint density at radius 3 is 2.38 bits per heavy atom. The number of rotatable bonds is 7. The number of amides is 1. The zero-order chi connectivity index (χ0) is 28.0. The van der Waals surface area contributed by atoms with Crippen molar-refractivity contribution < 1.29 is 33.0 Å². The third-order valence-corrected chi connectivity index (χ3v) is 7.72. The number of halogens is 2. The summed E-state index contributed by atoms with van der Waals surface area (Å²) in [6.45, 7) is 0. The third-order valence-electron chi connectivity index (χ3n) is 7.72. The average Bonchev–Trinajstić information content (AvgIpc) is 3.66. The molecule has 2 N–H and O–H groups in total. The first kappa shape index (κ1) is 25.9. The first-order valence-corrected chi connectivity index (χ1v) is 13.1. The minimum absolute atomic E-state index is 0.00232. The fourth-order valence-electron chi connectivity index (χ4n) is 5.73. The number of benzene rings is 2. The molecule has 0 radical (unpaired) electrons. The fraction of sp³-hybridized carbons (Fsp3) is 0.300. The van der Waals surface area contributed by atoms with Crippen LogP contribution in [0.1, 0.15) is 46.4 Å². The summed E-state index contributed by atoms with van der Waals surface area (Å²) in [6.07, 6.45) is 6.09. The summed E-state index contributed by atoms with van der Waals surface area (Å²) in [7, 11) is 1.50. The van der Waals surface area contributed by atoms with Gasteiger partial charge in [0.25, 0.3) is 5.91 Å². The van der Waals surface area contributed by atoms with Crippen molar-refractivity contribution >= 4 is 11.7 Å². The number of methoxy groups -OCH3 is 1. The minimum atomic E-state index is -0.665. The molecule has 4 atom stereocenters. The Labute approximate surface area is 229 Å². The van der Waals surface area contributed by atoms with Gasteiger partial charge in [-0.1, -0.05) is 11.6 Å². The van der Waals surface area contributed by atoms with Gasteiger partial charge in [0.2, 0.25) is 5.88 Å². The zero-order valence-electron chi connectivity index (χ0n) is 21.6. The predicted octanol–water partition coefficient (Wildman–Crippen LogP) is 4.78. The zero-order valence-corrected chi connectivity index (χ0v) is 21.6. The number of phenolic OH excluding ortho intramolecular Hbond substituents is 1. The summed E-state index contributed by atoms with van der Waals surface area (Å²) < 4.78 is 38.1. The number of hydrogen-bond acceptors (Lipinski definition) is 7. The molecule has 4 heterocycles. The molecule has 0 spiro atoms. The van der Waals surface area contributed by atoms with E-state index in [-0.39, 0.29) is 58.3 Å². The van der Waals surface area contributed by atoms with E-state index < -0.39 is 17.7 Å². The number of ether oxygens (including phenoxy) is 2. The van der Waals surface area contributed by atoms with Gasteiger partial charge in [-0.15, -0.1) is 0 Å². The molecule has 0 aliphatic carbocycles. The van der Waals surface area contributed by atoms with E-state index in [4.69, 9.17) is 9.47 Å². The number of piperidine rings is 1. The van der Waals surface area contributed by atoms with E-state index in [9.17, 15) is 23.5 Å². The molecule has 2 unspecified atom stereocenters. The van der Waals surface area contributed by atoms with Crippen molar-refractivity contribution in [3.05, 3.63) is 89.1 Å². The number of carbonyl (C=O) groups excluding carboxylic acids is 2. The van der Waals surface area contributed by atoms with Gasteiger partial charge in [0.05, 0.1) is 30.5 Å². The maximum atomic E-state index is 14.0. The number of aromatic hydroxyl groups is 1. The SMILES string of the molecule is COc1ccc(C(=O)N2[C@@H]3CC[C@H]2CC(=CC2NC2C(=O)c2cc(F)cnc2Oc2ccc(F)cc2)C3)c(O)c1. The molecule has 1 aromatic heterocycles. The summed E-state index contributed by atoms with van der Waals surface area (Å²) in [5.74, 6) is -1.05. The van der Waals surface area contributed by atoms with Crippen molar-refractivity contribution in [1.29, 1.82) is 0 Å². The Balaban J connectivity index is 1.14. The molecular formula is C30H27F2N3O5. The molecule has 0 saturated carbocycles. The molecule has 1 amide bonds. The molecule has 2 bridgehead atoms. The van der Waals surface area contributed by atoms with Gasteiger partial charge in [-0.05, 0) is 68.1 Å². The standard InChI is InChI=1S/C30H27F2N3O5/c1-39-22-8-9-23(26(36)14-22)30(38)35-19-4-5-20(35)11-16(10-19)12-25-27(34-25)28(37)24-13-18(32)15-33-29(24)40-21-6-2-17(31)3-7-21/h2-3,6-9,12-15,19-20,25,27,34,36H,4-5,10-11H2,1H3/t19-,20+,25?,27?. The summed E-state index contributed by atoms with van der Waals surface area (Å²) >= 11 is 0. The molecule has 3 aliphatic rings. The van der Waals surface area contributed by atoms with Crippen molar-refractivity contribution in [1.82, 2.24) is 15.2 Å². The fourth-order valence-corrected chi connectivity index (χ4v) is 5.73. The van der Waals surface area contributed by atoms with Gasteiger partial charge in [0, 0.05) is 24.2 Å². The van der Waals surface area contributed by atoms with Gasteiger partial charge in [0.15, 0.2) is 5.78 Å². The summed E-state index contributed by atoms with van der Waals surface area (Å²) in [4.78, 5) is 32.4. The number of hydrogen-bond donors (Lipinski definition) is 2. The Morgan fingerprint density at radius 2 is 1.70 bits per heavy atom. The number of pyridine rings is 1. The van der Waals surface area contributed by atoms with Gasteiger partial charge < -0.3 is 19.5 Å². The number of fused-ring (bicyclic) bond motifs is 2. The van der Waals surface area contributed by atoms with E-state index in [1.54, 1.807) is 12.1 Å². The summed E-state index contributed by atoms with van der Waals surface area (Å²) in [5, 5.41) is 13.5. The lowest BCUT2D eigenvalue weighted by Gasteiger charge is -2.36. The van der Waals surface area contributed by atoms with Crippen molar-refractivity contribution in [2.45, 2.75) is 49.9 Å². The topological polar surface area (TPSA) is 111 Å². The van der Waals surface area contributed by atoms with Crippen LogP contribution in [0.2, 0.25) is 0 Å². The summed E-state index contributed by atoms with van der Waals surface area (Å²) in [5.41, 5.74) is 1.41. The van der Waals surface area contributed by atoms with Crippen molar-refractivity contribution in [2.75, 3.05) is 7.11 Å². The average molecular weight is 548 g/mol. The lowest BCUT2D eigenvalue weighted by Crippen LogP contribution is -2.44. The van der Waals surface area contributed by atoms with E-state index in [0.29, 0.717) is 18.6 Å². The Morgan fingerprint density at radius 1 is 1.00 bits per heavy atom. The van der Waals surface area contributed by atoms with Gasteiger partial charge in [0.1, 0.15) is 28.9 Å². The molecule has 3 aliphatic heterocycles. The summed E-state index contributed by atoms with van der Waals surface area (Å²) in [6, 6.07) is 10.2. The maximum Gasteiger partial charge on any atom is 0.258 e. The second-order valence-corrected chi connectivity index (χ2v) is 10.3. The van der Waals surface area contributed by atoms with E-state index in [1.807, 2.05) is 11.0 Å². The van der Waals surface area contributed by atoms with Crippen molar-refractivity contribution in [3.63, 3.8) is 0 Å². The Kier molecular flexibility index (Phi) is 6.71. The normalized spacial score (nSPS) is 24.2. The van der Waals surface area contributed by atoms with Crippen LogP contribution in [0.15, 0.2) is 66.4 Å². The van der Waals surface area contributed by atoms with Crippen LogP contribution < -0.4 is 14.8 Å². The van der Waals surface area contributed by atoms with Crippen LogP contribution in [0.5, 0.6) is 23.1 Å². The number of nitrogens with zero attached hydrogens (tertiary/aromatic N) is 2. The first-order chi connectivity index (χ1) is 19.3. The molecule has 10 heteroatoms. The molecule has 3 saturated heterocycles. The Bertz CT molecular complexity index is 1490. The number of ketones is 1. The number of phenols is 1. The lowest BCUT2D eigenvalue weighted by molar-refractivity contribution is 0.0631. The van der Waals surface area contributed by atoms with Crippen LogP contribution in [0.3, 0.4) is 0 Å². The largest absolute Gasteiger partial charge is 0.507 e. The van der Waals surface area contributed by atoms with Gasteiger partial charge in [-0.2, -0.15) is 0 Å². The number of nitrogens with one attached hydrogen (secondary N) is 1. The van der Waals surface area contributed by atoms with E-state index in [0.717, 1.165) is 30.7 Å². The first-order valence-electron chi connectivity index (χ1n) is 13.1. The predicted molar refractivity (Wildman–Crippen MR) is 141 cm³/mol. The Hall–Kier alpha value is -4.31. The number of Topliss-reactive ketones (excluding diaryl/α,β-unsaturated/α-hetero) is 1. The highest BCUT2D eigenvalue weighted by molar-refractivity contribution is 6.04. The molecule has 6 rings (SSSR count). The second-order valence-electron chi connectivity index (χ2n) is 10.3. The molecule has 3 aromatic rings. The molecule has 206 valence electrons. The highest BCUT2D eigenvalue weighted by Crippen LogP contribution is 2.41. The second kappa shape index (κ2) is 10.3. The van der Waals surface area contributed by atoms with Gasteiger partial charge >= 0.3 is 0 Å². The van der Waals surface area contributed by atoms with Crippen molar-refractivity contribution in [2.24, 2.45) is 0 Å². The van der Waals surface area contributed by atoms with Crippen LogP contribution >= 0.6 is 0 Å². The molecule has 3 fully saturated rings. The van der Waals surface area contributed by atoms with Crippen LogP contribution in [0.25, 0.3) is 0 Å². The van der Waals surface area contributed by atoms with E-state index in [2.05, 4.69) is 10.3 Å². The van der Waals surface area contributed by atoms with E-state index >= 15 is 0 Å². The molecular weight excluding hydrogens is 520 g/mol. The van der Waals surface area contributed by atoms with Crippen LogP contribution in [-0.2, 0) is 0 Å². The van der Waals surface area contributed by atoms with Crippen LogP contribution in [-0.4, -0.2) is 58.0 Å². The van der Waals surface area contributed by atoms with Gasteiger partial charge in [-0.3, -0.25) is 14.9 Å². The minimum Gasteiger partial charge on any atom is -0.507 e. The van der Waals surface area contributed by atoms with E-state index in [1.165, 1.54) is 37.4 Å².